The van der Waals surface area contributed by atoms with E-state index in [0.29, 0.717) is 5.92 Å². The second kappa shape index (κ2) is 10.7. The molecule has 0 spiro atoms. The summed E-state index contributed by atoms with van der Waals surface area (Å²) in [7, 11) is -1.83. The number of rotatable bonds is 6. The normalized spacial score (nSPS) is 25.6. The van der Waals surface area contributed by atoms with Gasteiger partial charge in [-0.3, -0.25) is 9.59 Å². The van der Waals surface area contributed by atoms with Crippen LogP contribution in [0.3, 0.4) is 0 Å². The van der Waals surface area contributed by atoms with Crippen LogP contribution in [0, 0.1) is 11.8 Å². The maximum Gasteiger partial charge on any atom is 0.230 e. The van der Waals surface area contributed by atoms with Gasteiger partial charge in [-0.25, -0.2) is 0 Å². The number of hydrogen-bond donors (Lipinski definition) is 0. The summed E-state index contributed by atoms with van der Waals surface area (Å²) in [6.45, 7) is 15.5. The molecule has 0 aliphatic heterocycles. The predicted molar refractivity (Wildman–Crippen MR) is 155 cm³/mol. The number of nitrogens with zero attached hydrogens (tertiary/aromatic N) is 1. The van der Waals surface area contributed by atoms with E-state index in [-0.39, 0.29) is 34.8 Å². The highest BCUT2D eigenvalue weighted by molar-refractivity contribution is 7.21. The zero-order chi connectivity index (χ0) is 26.3. The summed E-state index contributed by atoms with van der Waals surface area (Å²) in [5, 5.41) is 1.24. The Morgan fingerprint density at radius 3 is 2.17 bits per heavy atom. The number of benzene rings is 1. The first kappa shape index (κ1) is 27.5. The third-order valence-corrected chi connectivity index (χ3v) is 14.8. The van der Waals surface area contributed by atoms with Gasteiger partial charge in [-0.15, -0.1) is 11.3 Å². The average Bonchev–Trinajstić information content (AvgIpc) is 3.19. The average molecular weight is 528 g/mol. The number of carbonyl (C=O) groups is 2. The van der Waals surface area contributed by atoms with Crippen molar-refractivity contribution in [2.75, 3.05) is 4.90 Å². The van der Waals surface area contributed by atoms with E-state index >= 15 is 0 Å². The molecule has 4 rings (SSSR count). The van der Waals surface area contributed by atoms with Gasteiger partial charge < -0.3 is 9.33 Å². The van der Waals surface area contributed by atoms with Gasteiger partial charge in [0.1, 0.15) is 0 Å². The molecule has 1 aromatic carbocycles. The molecule has 6 heteroatoms. The molecule has 2 saturated carbocycles. The summed E-state index contributed by atoms with van der Waals surface area (Å²) in [5.74, 6) is 1.04. The highest BCUT2D eigenvalue weighted by Crippen LogP contribution is 2.44. The molecule has 0 saturated heterocycles. The maximum atomic E-state index is 14.3. The van der Waals surface area contributed by atoms with Crippen LogP contribution in [-0.2, 0) is 9.22 Å². The lowest BCUT2D eigenvalue weighted by Crippen LogP contribution is -2.49. The Morgan fingerprint density at radius 1 is 0.972 bits per heavy atom. The highest BCUT2D eigenvalue weighted by Gasteiger charge is 2.42. The molecular weight excluding hydrogens is 482 g/mol. The lowest BCUT2D eigenvalue weighted by molar-refractivity contribution is -0.124. The molecule has 1 aromatic heterocycles. The number of thiophene rings is 1. The van der Waals surface area contributed by atoms with E-state index in [4.69, 9.17) is 4.43 Å². The molecule has 0 atom stereocenters. The molecule has 0 unspecified atom stereocenters. The van der Waals surface area contributed by atoms with Gasteiger partial charge in [-0.2, -0.15) is 0 Å². The van der Waals surface area contributed by atoms with Crippen molar-refractivity contribution in [3.8, 4) is 0 Å². The third-order valence-electron chi connectivity index (χ3n) is 9.01. The molecule has 198 valence electrons. The smallest absolute Gasteiger partial charge is 0.230 e. The Morgan fingerprint density at radius 2 is 1.58 bits per heavy atom. The zero-order valence-electron chi connectivity index (χ0n) is 23.4. The molecule has 2 aliphatic rings. The quantitative estimate of drug-likeness (QED) is 0.279. The van der Waals surface area contributed by atoms with Crippen LogP contribution in [0.25, 0.3) is 10.1 Å². The fourth-order valence-electron chi connectivity index (χ4n) is 5.70. The summed E-state index contributed by atoms with van der Waals surface area (Å²) in [4.78, 5) is 29.9. The first-order valence-electron chi connectivity index (χ1n) is 13.9. The fourth-order valence-corrected chi connectivity index (χ4v) is 8.21. The number of Topliss-reactive ketones (excluding diaryl/α,β-unsaturated/α-hetero) is 1. The predicted octanol–water partition coefficient (Wildman–Crippen LogP) is 8.60. The maximum absolute atomic E-state index is 14.3. The first-order chi connectivity index (χ1) is 16.9. The number of hydrogen-bond acceptors (Lipinski definition) is 4. The molecule has 36 heavy (non-hydrogen) atoms. The standard InChI is InChI=1S/C30H45NO3SSi/c1-20-12-14-22(15-13-20)29(33)31(27-25-10-8-9-11-26(25)35-28(27)21(2)32)23-16-18-24(19-17-23)34-36(6,7)30(3,4)5/h8-11,20,22-24H,12-19H2,1-7H3/t20-,22-,23-,24+. The van der Waals surface area contributed by atoms with E-state index in [1.54, 1.807) is 6.92 Å². The van der Waals surface area contributed by atoms with Crippen molar-refractivity contribution >= 4 is 47.1 Å². The Labute approximate surface area is 222 Å². The van der Waals surface area contributed by atoms with Crippen LogP contribution in [-0.4, -0.2) is 32.2 Å². The molecule has 0 bridgehead atoms. The van der Waals surface area contributed by atoms with Gasteiger partial charge in [0.15, 0.2) is 14.1 Å². The van der Waals surface area contributed by atoms with Crippen LogP contribution in [0.1, 0.15) is 95.7 Å². The number of anilines is 1. The van der Waals surface area contributed by atoms with Crippen LogP contribution in [0.2, 0.25) is 18.1 Å². The van der Waals surface area contributed by atoms with Gasteiger partial charge in [0.2, 0.25) is 5.91 Å². The Kier molecular flexibility index (Phi) is 8.18. The molecule has 1 heterocycles. The Bertz CT molecular complexity index is 1090. The summed E-state index contributed by atoms with van der Waals surface area (Å²) in [6, 6.07) is 8.32. The van der Waals surface area contributed by atoms with Crippen molar-refractivity contribution in [2.45, 2.75) is 116 Å². The molecule has 2 aliphatic carbocycles. The minimum atomic E-state index is -1.83. The number of fused-ring (bicyclic) bond motifs is 1. The molecule has 0 radical (unpaired) electrons. The van der Waals surface area contributed by atoms with Crippen molar-refractivity contribution in [3.63, 3.8) is 0 Å². The summed E-state index contributed by atoms with van der Waals surface area (Å²) < 4.78 is 7.85. The van der Waals surface area contributed by atoms with Crippen molar-refractivity contribution < 1.29 is 14.0 Å². The molecular formula is C30H45NO3SSi. The van der Waals surface area contributed by atoms with E-state index in [2.05, 4.69) is 57.8 Å². The number of amides is 1. The van der Waals surface area contributed by atoms with Crippen LogP contribution in [0.4, 0.5) is 5.69 Å². The monoisotopic (exact) mass is 527 g/mol. The first-order valence-corrected chi connectivity index (χ1v) is 17.6. The second-order valence-electron chi connectivity index (χ2n) is 12.8. The fraction of sp³-hybridized carbons (Fsp3) is 0.667. The van der Waals surface area contributed by atoms with E-state index in [0.717, 1.165) is 72.0 Å². The van der Waals surface area contributed by atoms with Gasteiger partial charge in [-0.05, 0) is 81.5 Å². The van der Waals surface area contributed by atoms with Gasteiger partial charge >= 0.3 is 0 Å². The minimum Gasteiger partial charge on any atom is -0.414 e. The van der Waals surface area contributed by atoms with Crippen LogP contribution in [0.15, 0.2) is 24.3 Å². The van der Waals surface area contributed by atoms with Gasteiger partial charge in [0.05, 0.1) is 10.6 Å². The van der Waals surface area contributed by atoms with Crippen LogP contribution >= 0.6 is 11.3 Å². The lowest BCUT2D eigenvalue weighted by atomic mass is 9.81. The zero-order valence-corrected chi connectivity index (χ0v) is 25.2. The molecule has 0 N–H and O–H groups in total. The van der Waals surface area contributed by atoms with Crippen molar-refractivity contribution in [1.29, 1.82) is 0 Å². The van der Waals surface area contributed by atoms with E-state index in [9.17, 15) is 9.59 Å². The largest absolute Gasteiger partial charge is 0.414 e. The minimum absolute atomic E-state index is 0.0520. The summed E-state index contributed by atoms with van der Waals surface area (Å²) >= 11 is 1.54. The summed E-state index contributed by atoms with van der Waals surface area (Å²) in [5.41, 5.74) is 0.875. The van der Waals surface area contributed by atoms with Crippen molar-refractivity contribution in [2.24, 2.45) is 11.8 Å². The second-order valence-corrected chi connectivity index (χ2v) is 18.6. The van der Waals surface area contributed by atoms with Crippen molar-refractivity contribution in [3.05, 3.63) is 29.1 Å². The van der Waals surface area contributed by atoms with Crippen LogP contribution < -0.4 is 4.90 Å². The van der Waals surface area contributed by atoms with Crippen LogP contribution in [0.5, 0.6) is 0 Å². The SMILES string of the molecule is CC(=O)c1sc2ccccc2c1N(C(=O)[C@H]1CC[C@H](C)CC1)[C@H]1CC[C@@H](O[Si](C)(C)C(C)(C)C)CC1. The molecule has 1 amide bonds. The van der Waals surface area contributed by atoms with Gasteiger partial charge in [0.25, 0.3) is 0 Å². The Hall–Kier alpha value is -1.50. The molecule has 4 nitrogen and oxygen atoms in total. The van der Waals surface area contributed by atoms with Crippen molar-refractivity contribution in [1.82, 2.24) is 0 Å². The summed E-state index contributed by atoms with van der Waals surface area (Å²) in [6.07, 6.45) is 8.20. The number of ketones is 1. The van der Waals surface area contributed by atoms with Gasteiger partial charge in [-0.1, -0.05) is 45.9 Å². The van der Waals surface area contributed by atoms with E-state index in [1.807, 2.05) is 12.1 Å². The molecule has 2 fully saturated rings. The van der Waals surface area contributed by atoms with E-state index < -0.39 is 8.32 Å². The topological polar surface area (TPSA) is 46.6 Å². The number of carbonyl (C=O) groups excluding carboxylic acids is 2. The lowest BCUT2D eigenvalue weighted by Gasteiger charge is -2.43. The third kappa shape index (κ3) is 5.66. The molecule has 2 aromatic rings. The van der Waals surface area contributed by atoms with Gasteiger partial charge in [0, 0.05) is 35.1 Å². The Balaban J connectivity index is 1.65. The van der Waals surface area contributed by atoms with E-state index in [1.165, 1.54) is 11.3 Å². The highest BCUT2D eigenvalue weighted by atomic mass is 32.1.